The fourth-order valence-electron chi connectivity index (χ4n) is 5.03. The summed E-state index contributed by atoms with van der Waals surface area (Å²) >= 11 is 0. The molecule has 0 amide bonds. The van der Waals surface area contributed by atoms with Crippen LogP contribution >= 0.6 is 0 Å². The third-order valence-corrected chi connectivity index (χ3v) is 8.15. The molecule has 1 saturated heterocycles. The summed E-state index contributed by atoms with van der Waals surface area (Å²) in [6.45, 7) is 13.5. The molecular weight excluding hydrogens is 540 g/mol. The summed E-state index contributed by atoms with van der Waals surface area (Å²) in [4.78, 5) is 23.6. The van der Waals surface area contributed by atoms with E-state index in [4.69, 9.17) is 9.47 Å². The van der Waals surface area contributed by atoms with Crippen LogP contribution < -0.4 is 9.64 Å². The number of hydrogen-bond acceptors (Lipinski definition) is 6. The van der Waals surface area contributed by atoms with Crippen molar-refractivity contribution >= 4 is 11.7 Å². The number of carboxylic acids is 1. The van der Waals surface area contributed by atoms with Crippen LogP contribution in [0.4, 0.5) is 14.5 Å². The van der Waals surface area contributed by atoms with Crippen LogP contribution in [0.1, 0.15) is 76.8 Å². The summed E-state index contributed by atoms with van der Waals surface area (Å²) in [5, 5.41) is 10.4. The second kappa shape index (κ2) is 12.7. The fraction of sp³-hybridized carbons (Fsp3) is 0.485. The van der Waals surface area contributed by atoms with Gasteiger partial charge in [0, 0.05) is 42.5 Å². The number of aromatic nitrogens is 2. The van der Waals surface area contributed by atoms with Crippen LogP contribution in [0.3, 0.4) is 0 Å². The van der Waals surface area contributed by atoms with Crippen LogP contribution in [0.25, 0.3) is 11.3 Å². The average Bonchev–Trinajstić information content (AvgIpc) is 2.94. The van der Waals surface area contributed by atoms with Gasteiger partial charge in [-0.15, -0.1) is 0 Å². The molecule has 1 atom stereocenters. The van der Waals surface area contributed by atoms with Gasteiger partial charge in [-0.3, -0.25) is 4.98 Å². The van der Waals surface area contributed by atoms with Crippen molar-refractivity contribution in [1.29, 1.82) is 0 Å². The van der Waals surface area contributed by atoms with Crippen molar-refractivity contribution in [3.05, 3.63) is 71.2 Å². The Morgan fingerprint density at radius 1 is 1.12 bits per heavy atom. The minimum absolute atomic E-state index is 0.00105. The number of carboxylic acid groups (broad SMARTS) is 1. The number of aryl methyl sites for hydroxylation is 1. The molecule has 3 heterocycles. The summed E-state index contributed by atoms with van der Waals surface area (Å²) in [5.74, 6) is -2.21. The number of nitrogens with zero attached hydrogens (tertiary/aromatic N) is 3. The fourth-order valence-corrected chi connectivity index (χ4v) is 5.03. The molecule has 1 aliphatic rings. The van der Waals surface area contributed by atoms with Gasteiger partial charge in [0.25, 0.3) is 5.95 Å². The number of pyridine rings is 2. The second-order valence-electron chi connectivity index (χ2n) is 12.3. The molecule has 226 valence electrons. The Labute approximate surface area is 246 Å². The Hall–Kier alpha value is -3.59. The average molecular weight is 582 g/mol. The van der Waals surface area contributed by atoms with Crippen LogP contribution in [-0.2, 0) is 16.0 Å². The van der Waals surface area contributed by atoms with Crippen molar-refractivity contribution in [3.8, 4) is 17.0 Å². The highest BCUT2D eigenvalue weighted by Gasteiger charge is 2.36. The number of ether oxygens (including phenoxy) is 2. The van der Waals surface area contributed by atoms with Crippen LogP contribution in [0, 0.1) is 24.1 Å². The topological polar surface area (TPSA) is 84.8 Å². The molecule has 1 fully saturated rings. The predicted octanol–water partition coefficient (Wildman–Crippen LogP) is 7.31. The second-order valence-corrected chi connectivity index (χ2v) is 12.3. The summed E-state index contributed by atoms with van der Waals surface area (Å²) in [5.41, 5.74) is 2.86. The van der Waals surface area contributed by atoms with E-state index in [1.54, 1.807) is 31.3 Å². The molecule has 1 aliphatic heterocycles. The number of carbonyl (C=O) groups is 1. The van der Waals surface area contributed by atoms with E-state index in [0.29, 0.717) is 54.1 Å². The lowest BCUT2D eigenvalue weighted by Crippen LogP contribution is -2.39. The van der Waals surface area contributed by atoms with Crippen molar-refractivity contribution < 1.29 is 28.2 Å². The largest absolute Gasteiger partial charge is 0.488 e. The van der Waals surface area contributed by atoms with E-state index in [2.05, 4.69) is 28.7 Å². The zero-order valence-electron chi connectivity index (χ0n) is 25.3. The number of hydrogen-bond donors (Lipinski definition) is 1. The van der Waals surface area contributed by atoms with Crippen molar-refractivity contribution in [2.24, 2.45) is 5.41 Å². The van der Waals surface area contributed by atoms with Gasteiger partial charge >= 0.3 is 5.97 Å². The standard InChI is InChI=1S/C33H41F2N3O4/c1-7-33(5,6)42-29(31(39)40)27-21(2)36-20-24(28(27)38-17-15-32(3,4)16-18-38)25-12-13-26(30(35)37-25)41-19-14-22-8-10-23(34)11-9-22/h8-13,20,29H,7,14-19H2,1-6H3,(H,39,40). The lowest BCUT2D eigenvalue weighted by molar-refractivity contribution is -0.162. The van der Waals surface area contributed by atoms with Gasteiger partial charge in [0.1, 0.15) is 5.82 Å². The molecule has 0 aliphatic carbocycles. The third kappa shape index (κ3) is 7.43. The minimum atomic E-state index is -1.27. The van der Waals surface area contributed by atoms with Crippen molar-refractivity contribution in [2.75, 3.05) is 24.6 Å². The van der Waals surface area contributed by atoms with Gasteiger partial charge in [0.15, 0.2) is 11.9 Å². The number of anilines is 1. The number of benzene rings is 1. The lowest BCUT2D eigenvalue weighted by Gasteiger charge is -2.41. The van der Waals surface area contributed by atoms with E-state index in [1.165, 1.54) is 18.2 Å². The van der Waals surface area contributed by atoms with Crippen molar-refractivity contribution in [1.82, 2.24) is 9.97 Å². The van der Waals surface area contributed by atoms with Crippen molar-refractivity contribution in [3.63, 3.8) is 0 Å². The van der Waals surface area contributed by atoms with Crippen LogP contribution in [0.5, 0.6) is 5.75 Å². The van der Waals surface area contributed by atoms with Gasteiger partial charge in [0.05, 0.1) is 23.6 Å². The first-order valence-corrected chi connectivity index (χ1v) is 14.5. The lowest BCUT2D eigenvalue weighted by atomic mass is 9.82. The zero-order valence-corrected chi connectivity index (χ0v) is 25.3. The highest BCUT2D eigenvalue weighted by Crippen LogP contribution is 2.43. The predicted molar refractivity (Wildman–Crippen MR) is 159 cm³/mol. The van der Waals surface area contributed by atoms with E-state index >= 15 is 4.39 Å². The molecule has 0 spiro atoms. The van der Waals surface area contributed by atoms with E-state index in [0.717, 1.165) is 18.4 Å². The molecule has 9 heteroatoms. The highest BCUT2D eigenvalue weighted by atomic mass is 19.1. The van der Waals surface area contributed by atoms with Gasteiger partial charge in [-0.05, 0) is 75.3 Å². The normalized spacial score (nSPS) is 15.9. The van der Waals surface area contributed by atoms with Crippen LogP contribution in [0.2, 0.25) is 0 Å². The Morgan fingerprint density at radius 2 is 1.79 bits per heavy atom. The first-order chi connectivity index (χ1) is 19.8. The van der Waals surface area contributed by atoms with E-state index in [1.807, 2.05) is 20.8 Å². The van der Waals surface area contributed by atoms with Gasteiger partial charge in [-0.25, -0.2) is 14.2 Å². The van der Waals surface area contributed by atoms with Crippen molar-refractivity contribution in [2.45, 2.75) is 78.9 Å². The number of rotatable bonds is 11. The minimum Gasteiger partial charge on any atom is -0.488 e. The first-order valence-electron chi connectivity index (χ1n) is 14.5. The Morgan fingerprint density at radius 3 is 2.38 bits per heavy atom. The smallest absolute Gasteiger partial charge is 0.337 e. The number of aliphatic carboxylic acids is 1. The Bertz CT molecular complexity index is 1400. The SMILES string of the molecule is CCC(C)(C)OC(C(=O)O)c1c(C)ncc(-c2ccc(OCCc3ccc(F)cc3)c(F)n2)c1N1CCC(C)(C)CC1. The third-order valence-electron chi connectivity index (χ3n) is 8.15. The Kier molecular flexibility index (Phi) is 9.50. The first kappa shape index (κ1) is 31.3. The molecule has 3 aromatic rings. The maximum Gasteiger partial charge on any atom is 0.337 e. The van der Waals surface area contributed by atoms with Gasteiger partial charge in [-0.1, -0.05) is 32.9 Å². The number of halogens is 2. The van der Waals surface area contributed by atoms with Crippen LogP contribution in [-0.4, -0.2) is 46.3 Å². The Balaban J connectivity index is 1.72. The molecule has 0 radical (unpaired) electrons. The maximum atomic E-state index is 15.3. The van der Waals surface area contributed by atoms with E-state index < -0.39 is 23.6 Å². The molecule has 1 aromatic carbocycles. The molecule has 0 bridgehead atoms. The molecule has 7 nitrogen and oxygen atoms in total. The molecule has 42 heavy (non-hydrogen) atoms. The summed E-state index contributed by atoms with van der Waals surface area (Å²) in [6.07, 6.45) is 3.29. The van der Waals surface area contributed by atoms with Gasteiger partial charge < -0.3 is 19.5 Å². The molecule has 0 saturated carbocycles. The molecule has 1 N–H and O–H groups in total. The summed E-state index contributed by atoms with van der Waals surface area (Å²) < 4.78 is 40.3. The van der Waals surface area contributed by atoms with E-state index in [-0.39, 0.29) is 23.6 Å². The quantitative estimate of drug-likeness (QED) is 0.238. The zero-order chi connectivity index (χ0) is 30.7. The van der Waals surface area contributed by atoms with Crippen LogP contribution in [0.15, 0.2) is 42.6 Å². The van der Waals surface area contributed by atoms with E-state index in [9.17, 15) is 14.3 Å². The summed E-state index contributed by atoms with van der Waals surface area (Å²) in [7, 11) is 0. The maximum absolute atomic E-state index is 15.3. The monoisotopic (exact) mass is 581 g/mol. The molecule has 1 unspecified atom stereocenters. The molecular formula is C33H41F2N3O4. The molecule has 4 rings (SSSR count). The summed E-state index contributed by atoms with van der Waals surface area (Å²) in [6, 6.07) is 9.27. The van der Waals surface area contributed by atoms with Gasteiger partial charge in [-0.2, -0.15) is 4.39 Å². The highest BCUT2D eigenvalue weighted by molar-refractivity contribution is 5.85. The number of piperidine rings is 1. The molecule has 2 aromatic heterocycles. The van der Waals surface area contributed by atoms with Gasteiger partial charge in [0.2, 0.25) is 0 Å².